The summed E-state index contributed by atoms with van der Waals surface area (Å²) in [7, 11) is 0. The second kappa shape index (κ2) is 5.73. The Hall–Kier alpha value is -0.0400. The zero-order valence-corrected chi connectivity index (χ0v) is 13.5. The molecular weight excluding hydrogens is 440 g/mol. The first kappa shape index (κ1) is 13.4. The molecule has 0 saturated carbocycles. The summed E-state index contributed by atoms with van der Waals surface area (Å²) < 4.78 is 7.10. The number of furan rings is 1. The predicted molar refractivity (Wildman–Crippen MR) is 82.8 cm³/mol. The molecule has 1 aromatic carbocycles. The van der Waals surface area contributed by atoms with Crippen LogP contribution in [0.2, 0.25) is 10.0 Å². The molecule has 2 rings (SSSR count). The Kier molecular flexibility index (Phi) is 4.52. The molecule has 0 fully saturated rings. The fourth-order valence-corrected chi connectivity index (χ4v) is 2.21. The highest BCUT2D eigenvalue weighted by molar-refractivity contribution is 14.1. The molecule has 1 aromatic heterocycles. The Balaban J connectivity index is 2.29. The zero-order chi connectivity index (χ0) is 12.4. The first-order valence-electron chi connectivity index (χ1n) is 4.51. The van der Waals surface area contributed by atoms with Crippen LogP contribution >= 0.6 is 61.7 Å². The lowest BCUT2D eigenvalue weighted by atomic mass is 10.3. The van der Waals surface area contributed by atoms with Gasteiger partial charge >= 0.3 is 0 Å². The normalized spacial score (nSPS) is 11.3. The molecule has 88 valence electrons. The molecule has 0 saturated heterocycles. The third-order valence-electron chi connectivity index (χ3n) is 1.93. The minimum atomic E-state index is 0.436. The number of aliphatic imine (C=N–C) groups is 1. The van der Waals surface area contributed by atoms with Crippen LogP contribution in [0.5, 0.6) is 0 Å². The van der Waals surface area contributed by atoms with E-state index in [0.29, 0.717) is 21.5 Å². The van der Waals surface area contributed by atoms with Crippen LogP contribution in [-0.2, 0) is 0 Å². The summed E-state index contributed by atoms with van der Waals surface area (Å²) in [5, 5.41) is 0.919. The van der Waals surface area contributed by atoms with Gasteiger partial charge in [-0.05, 0) is 28.1 Å². The lowest BCUT2D eigenvalue weighted by Crippen LogP contribution is -1.76. The Morgan fingerprint density at radius 1 is 1.35 bits per heavy atom. The number of hydrogen-bond acceptors (Lipinski definition) is 2. The van der Waals surface area contributed by atoms with Crippen LogP contribution in [0.4, 0.5) is 5.69 Å². The fourth-order valence-electron chi connectivity index (χ4n) is 1.15. The Labute approximate surface area is 130 Å². The second-order valence-electron chi connectivity index (χ2n) is 3.10. The third kappa shape index (κ3) is 3.24. The molecule has 0 aliphatic carbocycles. The van der Waals surface area contributed by atoms with Crippen molar-refractivity contribution in [2.24, 2.45) is 4.99 Å². The number of rotatable bonds is 2. The van der Waals surface area contributed by atoms with Gasteiger partial charge in [0.05, 0.1) is 26.4 Å². The number of hydrogen-bond donors (Lipinski definition) is 0. The highest BCUT2D eigenvalue weighted by Gasteiger charge is 2.05. The van der Waals surface area contributed by atoms with Gasteiger partial charge in [-0.25, -0.2) is 0 Å². The molecule has 0 radical (unpaired) electrons. The van der Waals surface area contributed by atoms with E-state index in [-0.39, 0.29) is 0 Å². The SMILES string of the molecule is Clc1cccc(N=Cc2cc(Br)c(I)o2)c1Cl. The summed E-state index contributed by atoms with van der Waals surface area (Å²) in [6.07, 6.45) is 1.60. The third-order valence-corrected chi connectivity index (χ3v) is 4.87. The quantitative estimate of drug-likeness (QED) is 0.430. The van der Waals surface area contributed by atoms with Crippen LogP contribution < -0.4 is 0 Å². The van der Waals surface area contributed by atoms with Crippen molar-refractivity contribution in [3.8, 4) is 0 Å². The van der Waals surface area contributed by atoms with Crippen molar-refractivity contribution in [2.45, 2.75) is 0 Å². The molecule has 17 heavy (non-hydrogen) atoms. The van der Waals surface area contributed by atoms with Gasteiger partial charge in [-0.2, -0.15) is 0 Å². The van der Waals surface area contributed by atoms with Crippen LogP contribution in [0.1, 0.15) is 5.76 Å². The number of halogens is 4. The van der Waals surface area contributed by atoms with Gasteiger partial charge in [0.15, 0.2) is 3.77 Å². The molecule has 0 N–H and O–H groups in total. The van der Waals surface area contributed by atoms with Crippen LogP contribution in [0.15, 0.2) is 38.1 Å². The predicted octanol–water partition coefficient (Wildman–Crippen LogP) is 5.70. The first-order chi connectivity index (χ1) is 8.08. The lowest BCUT2D eigenvalue weighted by Gasteiger charge is -1.98. The number of benzene rings is 1. The molecule has 0 aliphatic rings. The summed E-state index contributed by atoms with van der Waals surface area (Å²) >= 11 is 17.3. The van der Waals surface area contributed by atoms with E-state index in [1.807, 2.05) is 6.07 Å². The van der Waals surface area contributed by atoms with Crippen molar-refractivity contribution in [3.63, 3.8) is 0 Å². The average Bonchev–Trinajstić information content (AvgIpc) is 2.61. The van der Waals surface area contributed by atoms with Crippen molar-refractivity contribution < 1.29 is 4.42 Å². The van der Waals surface area contributed by atoms with Crippen molar-refractivity contribution in [1.82, 2.24) is 0 Å². The lowest BCUT2D eigenvalue weighted by molar-refractivity contribution is 0.530. The zero-order valence-electron chi connectivity index (χ0n) is 8.25. The molecule has 6 heteroatoms. The van der Waals surface area contributed by atoms with E-state index in [1.54, 1.807) is 24.4 Å². The molecule has 2 nitrogen and oxygen atoms in total. The van der Waals surface area contributed by atoms with Crippen molar-refractivity contribution in [3.05, 3.63) is 48.3 Å². The van der Waals surface area contributed by atoms with Crippen LogP contribution in [0.3, 0.4) is 0 Å². The smallest absolute Gasteiger partial charge is 0.178 e. The van der Waals surface area contributed by atoms with Crippen LogP contribution in [0.25, 0.3) is 0 Å². The number of nitrogens with zero attached hydrogens (tertiary/aromatic N) is 1. The van der Waals surface area contributed by atoms with E-state index in [4.69, 9.17) is 27.6 Å². The van der Waals surface area contributed by atoms with Gasteiger partial charge in [-0.1, -0.05) is 29.3 Å². The molecule has 0 spiro atoms. The van der Waals surface area contributed by atoms with Crippen molar-refractivity contribution >= 4 is 73.6 Å². The maximum atomic E-state index is 6.01. The van der Waals surface area contributed by atoms with Crippen molar-refractivity contribution in [1.29, 1.82) is 0 Å². The van der Waals surface area contributed by atoms with E-state index in [9.17, 15) is 0 Å². The van der Waals surface area contributed by atoms with Crippen LogP contribution in [0, 0.1) is 3.77 Å². The Morgan fingerprint density at radius 3 is 2.76 bits per heavy atom. The van der Waals surface area contributed by atoms with E-state index >= 15 is 0 Å². The molecule has 0 unspecified atom stereocenters. The molecule has 0 atom stereocenters. The summed E-state index contributed by atoms with van der Waals surface area (Å²) in [5.41, 5.74) is 0.613. The summed E-state index contributed by atoms with van der Waals surface area (Å²) in [6.45, 7) is 0. The Morgan fingerprint density at radius 2 is 2.12 bits per heavy atom. The summed E-state index contributed by atoms with van der Waals surface area (Å²) in [5.74, 6) is 0.650. The van der Waals surface area contributed by atoms with Gasteiger partial charge in [0.1, 0.15) is 5.76 Å². The minimum absolute atomic E-state index is 0.436. The first-order valence-corrected chi connectivity index (χ1v) is 7.13. The molecule has 1 heterocycles. The van der Waals surface area contributed by atoms with E-state index in [0.717, 1.165) is 8.24 Å². The van der Waals surface area contributed by atoms with Gasteiger partial charge in [-0.15, -0.1) is 0 Å². The van der Waals surface area contributed by atoms with E-state index in [1.165, 1.54) is 0 Å². The van der Waals surface area contributed by atoms with Gasteiger partial charge < -0.3 is 4.42 Å². The Bertz CT molecular complexity index is 563. The molecule has 2 aromatic rings. The molecular formula is C11H5BrCl2INO. The summed E-state index contributed by atoms with van der Waals surface area (Å²) in [6, 6.07) is 7.13. The highest BCUT2D eigenvalue weighted by Crippen LogP contribution is 2.31. The van der Waals surface area contributed by atoms with Gasteiger partial charge in [0, 0.05) is 28.7 Å². The monoisotopic (exact) mass is 443 g/mol. The topological polar surface area (TPSA) is 25.5 Å². The van der Waals surface area contributed by atoms with Gasteiger partial charge in [0.2, 0.25) is 0 Å². The van der Waals surface area contributed by atoms with Crippen LogP contribution in [-0.4, -0.2) is 6.21 Å². The average molecular weight is 445 g/mol. The van der Waals surface area contributed by atoms with E-state index < -0.39 is 0 Å². The fraction of sp³-hybridized carbons (Fsp3) is 0. The molecule has 0 amide bonds. The van der Waals surface area contributed by atoms with Crippen molar-refractivity contribution in [2.75, 3.05) is 0 Å². The summed E-state index contributed by atoms with van der Waals surface area (Å²) in [4.78, 5) is 4.23. The highest BCUT2D eigenvalue weighted by atomic mass is 127. The molecule has 0 bridgehead atoms. The van der Waals surface area contributed by atoms with E-state index in [2.05, 4.69) is 43.5 Å². The second-order valence-corrected chi connectivity index (χ2v) is 5.72. The van der Waals surface area contributed by atoms with Gasteiger partial charge in [0.25, 0.3) is 0 Å². The van der Waals surface area contributed by atoms with Gasteiger partial charge in [-0.3, -0.25) is 4.99 Å². The maximum absolute atomic E-state index is 6.01. The maximum Gasteiger partial charge on any atom is 0.178 e. The molecule has 0 aliphatic heterocycles. The largest absolute Gasteiger partial charge is 0.448 e. The minimum Gasteiger partial charge on any atom is -0.448 e. The standard InChI is InChI=1S/C11H5BrCl2INO/c12-7-4-6(17-11(7)15)5-16-9-3-1-2-8(13)10(9)14/h1-5H.